The number of nitrogens with zero attached hydrogens (tertiary/aromatic N) is 4. The fourth-order valence-electron chi connectivity index (χ4n) is 6.74. The van der Waals surface area contributed by atoms with E-state index in [1.54, 1.807) is 53.4 Å². The van der Waals surface area contributed by atoms with Gasteiger partial charge in [0.1, 0.15) is 43.0 Å². The molecule has 4 amide bonds. The Hall–Kier alpha value is -6.88. The first-order valence-electron chi connectivity index (χ1n) is 20.6. The highest BCUT2D eigenvalue weighted by molar-refractivity contribution is 7.86. The van der Waals surface area contributed by atoms with Crippen molar-refractivity contribution >= 4 is 63.1 Å². The summed E-state index contributed by atoms with van der Waals surface area (Å²) in [6, 6.07) is 16.2. The average molecular weight is 919 g/mol. The average Bonchev–Trinajstić information content (AvgIpc) is 4.13. The number of unbranched alkanes of at least 4 members (excludes halogenated alkanes) is 1. The van der Waals surface area contributed by atoms with Gasteiger partial charge in [0.25, 0.3) is 21.9 Å². The Bertz CT molecular complexity index is 2400. The Morgan fingerprint density at radius 3 is 1.65 bits per heavy atom. The Kier molecular flexibility index (Phi) is 16.2. The van der Waals surface area contributed by atoms with Crippen LogP contribution in [0.4, 0.5) is 21.0 Å². The Morgan fingerprint density at radius 1 is 0.708 bits per heavy atom. The van der Waals surface area contributed by atoms with Crippen molar-refractivity contribution in [2.45, 2.75) is 32.0 Å². The lowest BCUT2D eigenvalue weighted by molar-refractivity contribution is -0.145. The molecule has 3 aliphatic rings. The van der Waals surface area contributed by atoms with E-state index in [0.717, 1.165) is 45.3 Å². The Morgan fingerprint density at radius 2 is 1.18 bits per heavy atom. The molecule has 2 aromatic heterocycles. The Balaban J connectivity index is 0.000000224. The van der Waals surface area contributed by atoms with Gasteiger partial charge in [-0.3, -0.25) is 49.0 Å². The summed E-state index contributed by atoms with van der Waals surface area (Å²) in [5, 5.41) is 21.1. The predicted molar refractivity (Wildman–Crippen MR) is 234 cm³/mol. The third-order valence-corrected chi connectivity index (χ3v) is 10.8. The van der Waals surface area contributed by atoms with Crippen LogP contribution in [0.3, 0.4) is 0 Å². The van der Waals surface area contributed by atoms with Crippen LogP contribution in [0.1, 0.15) is 51.6 Å². The standard InChI is InChI=1S/C26H33N5O6.C17H17N3O7S/c1-2-3-13-36-23(32)17-30-11-9-29(10-12-30)15-22-16-31(26(34)37-22)21-6-4-19(5-7-21)24(27)28-25(33)20-8-14-35-18-20;1-28(23,24)26-10-14-8-20(17(22)27-14)13-4-2-11(3-5-13)15(18)19-16(21)12-6-7-25-9-12/h4-8,14,18,22H,2-3,9-13,15-17H2,1H3,(H2,27,28,33);2-7,9,14H,8,10H2,1H3,(H2,18,19,21). The van der Waals surface area contributed by atoms with Crippen LogP contribution in [0, 0.1) is 10.8 Å². The highest BCUT2D eigenvalue weighted by Crippen LogP contribution is 2.24. The minimum Gasteiger partial charge on any atom is -0.472 e. The van der Waals surface area contributed by atoms with E-state index in [1.165, 1.54) is 42.1 Å². The van der Waals surface area contributed by atoms with Gasteiger partial charge in [-0.05, 0) is 67.1 Å². The smallest absolute Gasteiger partial charge is 0.414 e. The molecule has 3 aliphatic heterocycles. The molecule has 0 spiro atoms. The number of nitrogens with one attached hydrogen (secondary N) is 4. The van der Waals surface area contributed by atoms with Crippen LogP contribution >= 0.6 is 0 Å². The summed E-state index contributed by atoms with van der Waals surface area (Å²) in [7, 11) is -3.63. The van der Waals surface area contributed by atoms with Gasteiger partial charge in [0, 0.05) is 55.2 Å². The number of ether oxygens (including phenoxy) is 3. The molecule has 3 saturated heterocycles. The molecular formula is C43H50N8O13S. The van der Waals surface area contributed by atoms with Crippen molar-refractivity contribution in [1.29, 1.82) is 10.8 Å². The summed E-state index contributed by atoms with van der Waals surface area (Å²) >= 11 is 0. The highest BCUT2D eigenvalue weighted by Gasteiger charge is 2.35. The van der Waals surface area contributed by atoms with Crippen molar-refractivity contribution in [2.75, 3.05) is 81.6 Å². The summed E-state index contributed by atoms with van der Waals surface area (Å²) in [5.41, 5.74) is 2.74. The monoisotopic (exact) mass is 918 g/mol. The van der Waals surface area contributed by atoms with Crippen LogP contribution in [-0.2, 0) is 33.3 Å². The van der Waals surface area contributed by atoms with Gasteiger partial charge in [0.15, 0.2) is 0 Å². The summed E-state index contributed by atoms with van der Waals surface area (Å²) in [4.78, 5) is 67.7. The molecule has 0 aliphatic carbocycles. The summed E-state index contributed by atoms with van der Waals surface area (Å²) < 4.78 is 52.4. The normalized spacial score (nSPS) is 17.7. The maximum absolute atomic E-state index is 12.5. The van der Waals surface area contributed by atoms with E-state index in [9.17, 15) is 32.4 Å². The van der Waals surface area contributed by atoms with E-state index in [4.69, 9.17) is 33.9 Å². The van der Waals surface area contributed by atoms with Gasteiger partial charge in [-0.1, -0.05) is 13.3 Å². The molecule has 65 heavy (non-hydrogen) atoms. The first-order chi connectivity index (χ1) is 31.1. The number of rotatable bonds is 16. The summed E-state index contributed by atoms with van der Waals surface area (Å²) in [6.07, 6.45) is 6.13. The molecule has 4 N–H and O–H groups in total. The number of esters is 1. The van der Waals surface area contributed by atoms with Crippen LogP contribution in [0.2, 0.25) is 0 Å². The number of hydrogen-bond acceptors (Lipinski definition) is 17. The zero-order valence-electron chi connectivity index (χ0n) is 35.7. The quantitative estimate of drug-likeness (QED) is 0.0312. The lowest BCUT2D eigenvalue weighted by Crippen LogP contribution is -2.50. The van der Waals surface area contributed by atoms with Crippen LogP contribution in [0.5, 0.6) is 0 Å². The number of cyclic esters (lactones) is 2. The molecule has 0 radical (unpaired) electrons. The first kappa shape index (κ1) is 47.6. The third kappa shape index (κ3) is 13.8. The van der Waals surface area contributed by atoms with Crippen LogP contribution < -0.4 is 20.4 Å². The van der Waals surface area contributed by atoms with Crippen LogP contribution in [-0.4, -0.2) is 144 Å². The first-order valence-corrected chi connectivity index (χ1v) is 22.4. The topological polar surface area (TPSA) is 267 Å². The maximum atomic E-state index is 12.5. The zero-order chi connectivity index (χ0) is 46.5. The van der Waals surface area contributed by atoms with Crippen molar-refractivity contribution in [3.8, 4) is 0 Å². The predicted octanol–water partition coefficient (Wildman–Crippen LogP) is 3.66. The van der Waals surface area contributed by atoms with Gasteiger partial charge in [0.05, 0.1) is 56.2 Å². The number of anilines is 2. The van der Waals surface area contributed by atoms with Gasteiger partial charge in [-0.15, -0.1) is 0 Å². The van der Waals surface area contributed by atoms with Gasteiger partial charge in [0.2, 0.25) is 0 Å². The van der Waals surface area contributed by atoms with Gasteiger partial charge in [-0.25, -0.2) is 9.59 Å². The van der Waals surface area contributed by atoms with Crippen LogP contribution in [0.15, 0.2) is 94.6 Å². The number of carbonyl (C=O) groups excluding carboxylic acids is 5. The van der Waals surface area contributed by atoms with Gasteiger partial charge in [-0.2, -0.15) is 8.42 Å². The highest BCUT2D eigenvalue weighted by atomic mass is 32.2. The largest absolute Gasteiger partial charge is 0.472 e. The van der Waals surface area contributed by atoms with E-state index in [1.807, 2.05) is 0 Å². The van der Waals surface area contributed by atoms with Crippen molar-refractivity contribution in [2.24, 2.45) is 0 Å². The van der Waals surface area contributed by atoms with Crippen molar-refractivity contribution < 1.29 is 59.6 Å². The molecule has 2 aromatic carbocycles. The molecule has 21 nitrogen and oxygen atoms in total. The number of piperazine rings is 1. The lowest BCUT2D eigenvalue weighted by Gasteiger charge is -2.34. The molecule has 7 rings (SSSR count). The van der Waals surface area contributed by atoms with Crippen LogP contribution in [0.25, 0.3) is 0 Å². The lowest BCUT2D eigenvalue weighted by atomic mass is 10.1. The fraction of sp³-hybridized carbons (Fsp3) is 0.372. The second-order valence-corrected chi connectivity index (χ2v) is 16.8. The third-order valence-electron chi connectivity index (χ3n) is 10.2. The molecular weight excluding hydrogens is 869 g/mol. The molecule has 3 fully saturated rings. The Labute approximate surface area is 374 Å². The maximum Gasteiger partial charge on any atom is 0.414 e. The van der Waals surface area contributed by atoms with Crippen molar-refractivity contribution in [1.82, 2.24) is 20.4 Å². The molecule has 346 valence electrons. The van der Waals surface area contributed by atoms with E-state index in [2.05, 4.69) is 31.5 Å². The molecule has 22 heteroatoms. The molecule has 5 heterocycles. The summed E-state index contributed by atoms with van der Waals surface area (Å²) in [5.74, 6) is -1.24. The second kappa shape index (κ2) is 22.2. The molecule has 0 saturated carbocycles. The molecule has 0 bridgehead atoms. The van der Waals surface area contributed by atoms with Gasteiger partial charge >= 0.3 is 18.2 Å². The van der Waals surface area contributed by atoms with E-state index >= 15 is 0 Å². The molecule has 2 atom stereocenters. The molecule has 2 unspecified atom stereocenters. The summed E-state index contributed by atoms with van der Waals surface area (Å²) in [6.45, 7) is 6.87. The van der Waals surface area contributed by atoms with E-state index in [0.29, 0.717) is 59.9 Å². The number of carbonyl (C=O) groups is 5. The molecule has 4 aromatic rings. The number of amidine groups is 2. The number of furan rings is 2. The van der Waals surface area contributed by atoms with Gasteiger partial charge < -0.3 is 33.7 Å². The van der Waals surface area contributed by atoms with E-state index < -0.39 is 40.2 Å². The number of amides is 4. The SMILES string of the molecule is CCCCOC(=O)CN1CCN(CC2CN(c3ccc(C(=N)NC(=O)c4ccoc4)cc3)C(=O)O2)CC1.CS(=O)(=O)OCC1CN(c2ccc(C(=N)NC(=O)c3ccoc3)cc2)C(=O)O1. The number of hydrogen-bond donors (Lipinski definition) is 4. The fourth-order valence-corrected chi connectivity index (χ4v) is 7.14. The number of benzene rings is 2. The zero-order valence-corrected chi connectivity index (χ0v) is 36.5. The minimum atomic E-state index is -3.63. The van der Waals surface area contributed by atoms with E-state index in [-0.39, 0.29) is 36.9 Å². The van der Waals surface area contributed by atoms with Crippen molar-refractivity contribution in [3.05, 3.63) is 108 Å². The second-order valence-electron chi connectivity index (χ2n) is 15.1. The minimum absolute atomic E-state index is 0.0482. The van der Waals surface area contributed by atoms with Crippen molar-refractivity contribution in [3.63, 3.8) is 0 Å².